The summed E-state index contributed by atoms with van der Waals surface area (Å²) in [7, 11) is -3.34. The molecule has 6 heteroatoms. The molecule has 0 atom stereocenters. The van der Waals surface area contributed by atoms with E-state index in [9.17, 15) is 13.2 Å². The minimum atomic E-state index is -3.34. The number of carbonyl (C=O) groups excluding carboxylic acids is 1. The molecule has 0 bridgehead atoms. The van der Waals surface area contributed by atoms with Gasteiger partial charge in [0.25, 0.3) is 0 Å². The molecule has 0 amide bonds. The average molecular weight is 286 g/mol. The number of Topliss-reactive ketones (excluding diaryl/α,β-unsaturated/α-hetero) is 1. The highest BCUT2D eigenvalue weighted by molar-refractivity contribution is 7.91. The van der Waals surface area contributed by atoms with E-state index >= 15 is 0 Å². The molecule has 0 spiro atoms. The number of ketones is 1. The van der Waals surface area contributed by atoms with Gasteiger partial charge in [0.2, 0.25) is 0 Å². The van der Waals surface area contributed by atoms with Crippen molar-refractivity contribution in [3.05, 3.63) is 23.8 Å². The fraction of sp³-hybridized carbons (Fsp3) is 0.462. The molecule has 0 aliphatic heterocycles. The minimum Gasteiger partial charge on any atom is -0.490 e. The Hall–Kier alpha value is -1.56. The smallest absolute Gasteiger partial charge is 0.177 e. The molecule has 0 fully saturated rings. The maximum atomic E-state index is 11.8. The molecule has 0 radical (unpaired) electrons. The number of sulfone groups is 1. The van der Waals surface area contributed by atoms with E-state index in [4.69, 9.17) is 9.47 Å². The third kappa shape index (κ3) is 4.90. The van der Waals surface area contributed by atoms with Crippen molar-refractivity contribution >= 4 is 15.6 Å². The number of hydrogen-bond acceptors (Lipinski definition) is 5. The summed E-state index contributed by atoms with van der Waals surface area (Å²) in [4.78, 5) is 11.8. The highest BCUT2D eigenvalue weighted by Gasteiger charge is 2.15. The third-order valence-electron chi connectivity index (χ3n) is 2.26. The summed E-state index contributed by atoms with van der Waals surface area (Å²) in [6, 6.07) is 4.67. The Morgan fingerprint density at radius 2 is 1.68 bits per heavy atom. The molecule has 1 aromatic rings. The van der Waals surface area contributed by atoms with E-state index in [0.717, 1.165) is 6.26 Å². The second-order valence-corrected chi connectivity index (χ2v) is 6.16. The zero-order valence-electron chi connectivity index (χ0n) is 11.3. The Morgan fingerprint density at radius 3 is 2.21 bits per heavy atom. The molecule has 1 rings (SSSR count). The highest BCUT2D eigenvalue weighted by atomic mass is 32.2. The van der Waals surface area contributed by atoms with Gasteiger partial charge < -0.3 is 9.47 Å². The van der Waals surface area contributed by atoms with Gasteiger partial charge >= 0.3 is 0 Å². The van der Waals surface area contributed by atoms with Crippen LogP contribution in [0.25, 0.3) is 0 Å². The molecule has 0 saturated carbocycles. The normalized spacial score (nSPS) is 11.1. The number of benzene rings is 1. The molecular formula is C13H18O5S. The van der Waals surface area contributed by atoms with Gasteiger partial charge in [0.05, 0.1) is 13.2 Å². The van der Waals surface area contributed by atoms with Crippen LogP contribution in [-0.4, -0.2) is 39.4 Å². The predicted molar refractivity (Wildman–Crippen MR) is 72.8 cm³/mol. The van der Waals surface area contributed by atoms with Gasteiger partial charge in [0, 0.05) is 11.8 Å². The second kappa shape index (κ2) is 6.56. The van der Waals surface area contributed by atoms with Crippen LogP contribution in [0.4, 0.5) is 0 Å². The van der Waals surface area contributed by atoms with Crippen molar-refractivity contribution in [1.82, 2.24) is 0 Å². The quantitative estimate of drug-likeness (QED) is 0.714. The Kier molecular flexibility index (Phi) is 5.35. The number of carbonyl (C=O) groups is 1. The molecule has 0 aliphatic carbocycles. The van der Waals surface area contributed by atoms with Crippen LogP contribution in [0.2, 0.25) is 0 Å². The lowest BCUT2D eigenvalue weighted by molar-refractivity contribution is 0.102. The van der Waals surface area contributed by atoms with Crippen LogP contribution in [0.15, 0.2) is 18.2 Å². The van der Waals surface area contributed by atoms with Gasteiger partial charge in [-0.1, -0.05) is 0 Å². The largest absolute Gasteiger partial charge is 0.490 e. The molecule has 0 saturated heterocycles. The van der Waals surface area contributed by atoms with Crippen molar-refractivity contribution in [2.45, 2.75) is 13.8 Å². The van der Waals surface area contributed by atoms with Gasteiger partial charge in [0.15, 0.2) is 27.1 Å². The number of ether oxygens (including phenoxy) is 2. The van der Waals surface area contributed by atoms with E-state index in [-0.39, 0.29) is 0 Å². The lowest BCUT2D eigenvalue weighted by Crippen LogP contribution is -2.14. The maximum absolute atomic E-state index is 11.8. The molecule has 5 nitrogen and oxygen atoms in total. The first kappa shape index (κ1) is 15.5. The zero-order valence-corrected chi connectivity index (χ0v) is 12.1. The van der Waals surface area contributed by atoms with Crippen molar-refractivity contribution in [3.63, 3.8) is 0 Å². The molecule has 0 aliphatic rings. The number of hydrogen-bond donors (Lipinski definition) is 0. The third-order valence-corrected chi connectivity index (χ3v) is 3.05. The van der Waals surface area contributed by atoms with Crippen molar-refractivity contribution in [2.24, 2.45) is 0 Å². The summed E-state index contributed by atoms with van der Waals surface area (Å²) in [5.41, 5.74) is 0.303. The monoisotopic (exact) mass is 286 g/mol. The van der Waals surface area contributed by atoms with E-state index in [1.54, 1.807) is 12.1 Å². The second-order valence-electron chi connectivity index (χ2n) is 4.02. The first-order valence-corrected chi connectivity index (χ1v) is 8.04. The van der Waals surface area contributed by atoms with Crippen LogP contribution in [0.5, 0.6) is 11.5 Å². The van der Waals surface area contributed by atoms with E-state index < -0.39 is 21.4 Å². The molecule has 0 N–H and O–H groups in total. The van der Waals surface area contributed by atoms with Crippen LogP contribution in [0, 0.1) is 0 Å². The summed E-state index contributed by atoms with van der Waals surface area (Å²) < 4.78 is 33.0. The summed E-state index contributed by atoms with van der Waals surface area (Å²) >= 11 is 0. The lowest BCUT2D eigenvalue weighted by atomic mass is 10.1. The minimum absolute atomic E-state index is 0.303. The van der Waals surface area contributed by atoms with Crippen LogP contribution >= 0.6 is 0 Å². The van der Waals surface area contributed by atoms with Crippen molar-refractivity contribution in [1.29, 1.82) is 0 Å². The molecule has 0 unspecified atom stereocenters. The summed E-state index contributed by atoms with van der Waals surface area (Å²) in [6.45, 7) is 4.58. The van der Waals surface area contributed by atoms with E-state index in [0.29, 0.717) is 30.3 Å². The average Bonchev–Trinajstić information content (AvgIpc) is 2.29. The van der Waals surface area contributed by atoms with Gasteiger partial charge in [-0.05, 0) is 32.0 Å². The molecule has 106 valence electrons. The van der Waals surface area contributed by atoms with Gasteiger partial charge in [-0.25, -0.2) is 8.42 Å². The predicted octanol–water partition coefficient (Wildman–Crippen LogP) is 1.71. The Bertz CT molecular complexity index is 548. The van der Waals surface area contributed by atoms with Crippen molar-refractivity contribution in [2.75, 3.05) is 25.2 Å². The van der Waals surface area contributed by atoms with Crippen LogP contribution < -0.4 is 9.47 Å². The first-order chi connectivity index (χ1) is 8.87. The van der Waals surface area contributed by atoms with E-state index in [1.807, 2.05) is 13.8 Å². The molecule has 0 aromatic heterocycles. The van der Waals surface area contributed by atoms with E-state index in [2.05, 4.69) is 0 Å². The van der Waals surface area contributed by atoms with Crippen LogP contribution in [0.3, 0.4) is 0 Å². The van der Waals surface area contributed by atoms with Gasteiger partial charge in [-0.2, -0.15) is 0 Å². The highest BCUT2D eigenvalue weighted by Crippen LogP contribution is 2.28. The fourth-order valence-electron chi connectivity index (χ4n) is 1.55. The van der Waals surface area contributed by atoms with Crippen molar-refractivity contribution in [3.8, 4) is 11.5 Å². The summed E-state index contributed by atoms with van der Waals surface area (Å²) in [5.74, 6) is 0.0301. The van der Waals surface area contributed by atoms with Gasteiger partial charge in [0.1, 0.15) is 5.75 Å². The fourth-order valence-corrected chi connectivity index (χ4v) is 2.19. The summed E-state index contributed by atoms with van der Waals surface area (Å²) in [6.07, 6.45) is 1.03. The van der Waals surface area contributed by atoms with Crippen LogP contribution in [0.1, 0.15) is 24.2 Å². The first-order valence-electron chi connectivity index (χ1n) is 5.98. The Morgan fingerprint density at radius 1 is 1.11 bits per heavy atom. The van der Waals surface area contributed by atoms with Gasteiger partial charge in [-0.3, -0.25) is 4.79 Å². The topological polar surface area (TPSA) is 69.7 Å². The SMILES string of the molecule is CCOc1ccc(C(=O)CS(C)(=O)=O)cc1OCC. The summed E-state index contributed by atoms with van der Waals surface area (Å²) in [5, 5.41) is 0. The van der Waals surface area contributed by atoms with Crippen LogP contribution in [-0.2, 0) is 9.84 Å². The molecule has 0 heterocycles. The molecule has 19 heavy (non-hydrogen) atoms. The molecular weight excluding hydrogens is 268 g/mol. The standard InChI is InChI=1S/C13H18O5S/c1-4-17-12-7-6-10(8-13(12)18-5-2)11(14)9-19(3,15)16/h6-8H,4-5,9H2,1-3H3. The lowest BCUT2D eigenvalue weighted by Gasteiger charge is -2.11. The zero-order chi connectivity index (χ0) is 14.5. The van der Waals surface area contributed by atoms with Gasteiger partial charge in [-0.15, -0.1) is 0 Å². The Labute approximate surface area is 113 Å². The maximum Gasteiger partial charge on any atom is 0.177 e. The van der Waals surface area contributed by atoms with E-state index in [1.165, 1.54) is 6.07 Å². The number of rotatable bonds is 7. The van der Waals surface area contributed by atoms with Crippen molar-refractivity contribution < 1.29 is 22.7 Å². The Balaban J connectivity index is 3.03. The molecule has 1 aromatic carbocycles.